The standard InChI is InChI=1S/C21H20ClN5O2S/c1-12-17(9-15(23)21(28)26-13-4-6-24-7-5-13)30-20-16(10-18(22)27-19(12)20)25-11-14-3-2-8-29-14/h2-8,10,15H,9,11,23H2,1H3,(H,25,27)(H,24,26,28)/t15-/m1/s1. The Kier molecular flexibility index (Phi) is 5.98. The van der Waals surface area contributed by atoms with Crippen molar-refractivity contribution in [1.82, 2.24) is 9.97 Å². The zero-order valence-electron chi connectivity index (χ0n) is 16.2. The molecule has 0 saturated carbocycles. The summed E-state index contributed by atoms with van der Waals surface area (Å²) in [6, 6.07) is 8.29. The lowest BCUT2D eigenvalue weighted by atomic mass is 10.1. The Hall–Kier alpha value is -2.94. The van der Waals surface area contributed by atoms with Gasteiger partial charge in [0, 0.05) is 35.4 Å². The molecule has 4 aromatic heterocycles. The molecular weight excluding hydrogens is 422 g/mol. The predicted octanol–water partition coefficient (Wildman–Crippen LogP) is 4.37. The minimum atomic E-state index is -0.695. The number of nitrogens with two attached hydrogens (primary N) is 1. The van der Waals surface area contributed by atoms with Gasteiger partial charge in [-0.1, -0.05) is 11.6 Å². The zero-order valence-corrected chi connectivity index (χ0v) is 17.8. The molecule has 1 amide bonds. The topological polar surface area (TPSA) is 106 Å². The molecule has 4 N–H and O–H groups in total. The highest BCUT2D eigenvalue weighted by molar-refractivity contribution is 7.19. The smallest absolute Gasteiger partial charge is 0.241 e. The van der Waals surface area contributed by atoms with Crippen molar-refractivity contribution < 1.29 is 9.21 Å². The van der Waals surface area contributed by atoms with Crippen LogP contribution in [0.3, 0.4) is 0 Å². The van der Waals surface area contributed by atoms with Gasteiger partial charge in [0.15, 0.2) is 0 Å². The number of nitrogens with zero attached hydrogens (tertiary/aromatic N) is 2. The van der Waals surface area contributed by atoms with Crippen molar-refractivity contribution in [2.45, 2.75) is 25.9 Å². The second kappa shape index (κ2) is 8.83. The summed E-state index contributed by atoms with van der Waals surface area (Å²) < 4.78 is 6.35. The molecule has 0 spiro atoms. The fraction of sp³-hybridized carbons (Fsp3) is 0.190. The summed E-state index contributed by atoms with van der Waals surface area (Å²) in [6.07, 6.45) is 5.27. The number of pyridine rings is 2. The molecule has 30 heavy (non-hydrogen) atoms. The van der Waals surface area contributed by atoms with Crippen LogP contribution in [0.4, 0.5) is 11.4 Å². The zero-order chi connectivity index (χ0) is 21.1. The predicted molar refractivity (Wildman–Crippen MR) is 120 cm³/mol. The summed E-state index contributed by atoms with van der Waals surface area (Å²) in [4.78, 5) is 21.9. The van der Waals surface area contributed by atoms with E-state index in [4.69, 9.17) is 21.8 Å². The molecule has 0 bridgehead atoms. The Morgan fingerprint density at radius 1 is 1.33 bits per heavy atom. The number of halogens is 1. The number of rotatable bonds is 7. The van der Waals surface area contributed by atoms with Crippen molar-refractivity contribution in [2.24, 2.45) is 5.73 Å². The third-order valence-corrected chi connectivity index (χ3v) is 6.19. The highest BCUT2D eigenvalue weighted by Crippen LogP contribution is 2.37. The second-order valence-electron chi connectivity index (χ2n) is 6.79. The van der Waals surface area contributed by atoms with Crippen molar-refractivity contribution in [2.75, 3.05) is 10.6 Å². The van der Waals surface area contributed by atoms with Crippen LogP contribution >= 0.6 is 22.9 Å². The van der Waals surface area contributed by atoms with Crippen molar-refractivity contribution in [1.29, 1.82) is 0 Å². The molecule has 0 saturated heterocycles. The molecule has 1 atom stereocenters. The average Bonchev–Trinajstić information content (AvgIpc) is 3.36. The molecule has 0 aliphatic rings. The first-order chi connectivity index (χ1) is 14.5. The molecule has 0 radical (unpaired) electrons. The van der Waals surface area contributed by atoms with Gasteiger partial charge in [0.2, 0.25) is 5.91 Å². The van der Waals surface area contributed by atoms with Gasteiger partial charge in [-0.2, -0.15) is 0 Å². The summed E-state index contributed by atoms with van der Waals surface area (Å²) in [5.41, 5.74) is 9.51. The van der Waals surface area contributed by atoms with E-state index in [0.29, 0.717) is 23.8 Å². The molecule has 7 nitrogen and oxygen atoms in total. The Morgan fingerprint density at radius 2 is 2.13 bits per heavy atom. The van der Waals surface area contributed by atoms with Crippen LogP contribution in [0.15, 0.2) is 53.4 Å². The first kappa shape index (κ1) is 20.3. The SMILES string of the molecule is Cc1c(C[C@@H](N)C(=O)Nc2ccncc2)sc2c(NCc3ccco3)cc(Cl)nc12. The number of thiophene rings is 1. The molecule has 4 rings (SSSR count). The number of aryl methyl sites for hydroxylation is 1. The Balaban J connectivity index is 1.54. The molecule has 0 aliphatic heterocycles. The minimum Gasteiger partial charge on any atom is -0.467 e. The fourth-order valence-corrected chi connectivity index (χ4v) is 4.56. The van der Waals surface area contributed by atoms with E-state index in [9.17, 15) is 4.79 Å². The number of hydrogen-bond donors (Lipinski definition) is 3. The molecule has 9 heteroatoms. The van der Waals surface area contributed by atoms with E-state index in [1.54, 1.807) is 48.2 Å². The molecule has 0 aliphatic carbocycles. The maximum atomic E-state index is 12.5. The normalized spacial score (nSPS) is 12.1. The number of carbonyl (C=O) groups is 1. The molecular formula is C21H20ClN5O2S. The molecule has 0 aromatic carbocycles. The summed E-state index contributed by atoms with van der Waals surface area (Å²) in [6.45, 7) is 2.50. The van der Waals surface area contributed by atoms with E-state index in [1.165, 1.54) is 0 Å². The number of carbonyl (C=O) groups excluding carboxylic acids is 1. The molecule has 154 valence electrons. The van der Waals surface area contributed by atoms with Crippen LogP contribution in [0.2, 0.25) is 5.15 Å². The maximum absolute atomic E-state index is 12.5. The Bertz CT molecular complexity index is 1160. The van der Waals surface area contributed by atoms with E-state index >= 15 is 0 Å². The lowest BCUT2D eigenvalue weighted by Crippen LogP contribution is -2.37. The van der Waals surface area contributed by atoms with Crippen LogP contribution in [0, 0.1) is 6.92 Å². The van der Waals surface area contributed by atoms with Crippen LogP contribution in [-0.4, -0.2) is 21.9 Å². The number of furan rings is 1. The van der Waals surface area contributed by atoms with E-state index in [1.807, 2.05) is 19.1 Å². The Labute approximate surface area is 182 Å². The van der Waals surface area contributed by atoms with Crippen molar-refractivity contribution >= 4 is 50.4 Å². The van der Waals surface area contributed by atoms with E-state index in [0.717, 1.165) is 32.1 Å². The highest BCUT2D eigenvalue weighted by atomic mass is 35.5. The van der Waals surface area contributed by atoms with Gasteiger partial charge in [-0.15, -0.1) is 11.3 Å². The van der Waals surface area contributed by atoms with Gasteiger partial charge in [-0.3, -0.25) is 9.78 Å². The molecule has 0 unspecified atom stereocenters. The summed E-state index contributed by atoms with van der Waals surface area (Å²) in [5.74, 6) is 0.569. The van der Waals surface area contributed by atoms with Crippen molar-refractivity contribution in [3.63, 3.8) is 0 Å². The van der Waals surface area contributed by atoms with Gasteiger partial charge in [0.05, 0.1) is 34.8 Å². The number of fused-ring (bicyclic) bond motifs is 1. The number of aromatic nitrogens is 2. The average molecular weight is 442 g/mol. The lowest BCUT2D eigenvalue weighted by Gasteiger charge is -2.11. The minimum absolute atomic E-state index is 0.250. The molecule has 4 aromatic rings. The first-order valence-electron chi connectivity index (χ1n) is 9.32. The summed E-state index contributed by atoms with van der Waals surface area (Å²) in [5, 5.41) is 6.57. The van der Waals surface area contributed by atoms with Crippen molar-refractivity contribution in [3.05, 3.63) is 70.3 Å². The van der Waals surface area contributed by atoms with Gasteiger partial charge < -0.3 is 20.8 Å². The first-order valence-corrected chi connectivity index (χ1v) is 10.5. The third kappa shape index (κ3) is 4.46. The lowest BCUT2D eigenvalue weighted by molar-refractivity contribution is -0.117. The summed E-state index contributed by atoms with van der Waals surface area (Å²) in [7, 11) is 0. The van der Waals surface area contributed by atoms with Crippen LogP contribution in [0.25, 0.3) is 10.2 Å². The molecule has 0 fully saturated rings. The Morgan fingerprint density at radius 3 is 2.87 bits per heavy atom. The summed E-state index contributed by atoms with van der Waals surface area (Å²) >= 11 is 7.81. The van der Waals surface area contributed by atoms with Crippen LogP contribution < -0.4 is 16.4 Å². The number of nitrogens with one attached hydrogen (secondary N) is 2. The fourth-order valence-electron chi connectivity index (χ4n) is 3.08. The third-order valence-electron chi connectivity index (χ3n) is 4.66. The van der Waals surface area contributed by atoms with E-state index < -0.39 is 6.04 Å². The van der Waals surface area contributed by atoms with Gasteiger partial charge >= 0.3 is 0 Å². The van der Waals surface area contributed by atoms with Gasteiger partial charge in [-0.25, -0.2) is 4.98 Å². The van der Waals surface area contributed by atoms with Gasteiger partial charge in [-0.05, 0) is 36.8 Å². The number of amides is 1. The second-order valence-corrected chi connectivity index (χ2v) is 8.28. The van der Waals surface area contributed by atoms with Crippen LogP contribution in [-0.2, 0) is 17.8 Å². The largest absolute Gasteiger partial charge is 0.467 e. The van der Waals surface area contributed by atoms with Crippen LogP contribution in [0.1, 0.15) is 16.2 Å². The quantitative estimate of drug-likeness (QED) is 0.368. The van der Waals surface area contributed by atoms with Crippen LogP contribution in [0.5, 0.6) is 0 Å². The maximum Gasteiger partial charge on any atom is 0.241 e. The number of hydrogen-bond acceptors (Lipinski definition) is 7. The molecule has 4 heterocycles. The van der Waals surface area contributed by atoms with Gasteiger partial charge in [0.25, 0.3) is 0 Å². The van der Waals surface area contributed by atoms with E-state index in [2.05, 4.69) is 20.6 Å². The highest BCUT2D eigenvalue weighted by Gasteiger charge is 2.20. The number of anilines is 2. The van der Waals surface area contributed by atoms with Crippen molar-refractivity contribution in [3.8, 4) is 0 Å². The van der Waals surface area contributed by atoms with Gasteiger partial charge in [0.1, 0.15) is 10.9 Å². The van der Waals surface area contributed by atoms with E-state index in [-0.39, 0.29) is 5.91 Å². The monoisotopic (exact) mass is 441 g/mol.